The molecular weight excluding hydrogens is 356 g/mol. The molecule has 1 atom stereocenters. The highest BCUT2D eigenvalue weighted by Gasteiger charge is 2.20. The van der Waals surface area contributed by atoms with E-state index in [-0.39, 0.29) is 25.4 Å². The van der Waals surface area contributed by atoms with E-state index in [0.717, 1.165) is 16.3 Å². The predicted octanol–water partition coefficient (Wildman–Crippen LogP) is 2.18. The largest absolute Gasteiger partial charge is 0.486 e. The van der Waals surface area contributed by atoms with E-state index in [1.807, 2.05) is 31.2 Å². The average Bonchev–Trinajstić information content (AvgIpc) is 3.05. The smallest absolute Gasteiger partial charge is 0.326 e. The van der Waals surface area contributed by atoms with E-state index in [9.17, 15) is 9.59 Å². The second-order valence-corrected chi connectivity index (χ2v) is 6.69. The number of nitrogens with one attached hydrogen (secondary N) is 1. The lowest BCUT2D eigenvalue weighted by Gasteiger charge is -2.13. The molecule has 0 fully saturated rings. The Bertz CT molecular complexity index is 729. The van der Waals surface area contributed by atoms with Gasteiger partial charge in [0.15, 0.2) is 0 Å². The van der Waals surface area contributed by atoms with E-state index < -0.39 is 12.0 Å². The first kappa shape index (κ1) is 19.9. The molecule has 1 amide bonds. The Hall–Kier alpha value is -2.45. The van der Waals surface area contributed by atoms with Crippen LogP contribution in [0.5, 0.6) is 5.75 Å². The molecule has 1 heterocycles. The lowest BCUT2D eigenvalue weighted by molar-refractivity contribution is -0.142. The number of hydrogen-bond acceptors (Lipinski definition) is 6. The maximum atomic E-state index is 12.0. The number of amides is 1. The summed E-state index contributed by atoms with van der Waals surface area (Å²) >= 11 is 1.40. The van der Waals surface area contributed by atoms with Gasteiger partial charge in [0.2, 0.25) is 5.91 Å². The lowest BCUT2D eigenvalue weighted by atomic mass is 10.2. The fourth-order valence-corrected chi connectivity index (χ4v) is 2.88. The van der Waals surface area contributed by atoms with Gasteiger partial charge in [-0.15, -0.1) is 11.3 Å². The molecule has 7 nitrogen and oxygen atoms in total. The predicted molar refractivity (Wildman–Crippen MR) is 97.4 cm³/mol. The number of nitrogens with zero attached hydrogens (tertiary/aromatic N) is 1. The van der Waals surface area contributed by atoms with Crippen molar-refractivity contribution in [2.24, 2.45) is 0 Å². The van der Waals surface area contributed by atoms with E-state index in [1.54, 1.807) is 5.38 Å². The molecule has 0 saturated heterocycles. The second kappa shape index (κ2) is 9.88. The van der Waals surface area contributed by atoms with Crippen LogP contribution in [0.1, 0.15) is 22.7 Å². The third-order valence-corrected chi connectivity index (χ3v) is 4.44. The zero-order chi connectivity index (χ0) is 18.9. The van der Waals surface area contributed by atoms with Crippen molar-refractivity contribution in [2.45, 2.75) is 32.4 Å². The molecule has 0 bridgehead atoms. The van der Waals surface area contributed by atoms with Crippen LogP contribution in [-0.4, -0.2) is 41.7 Å². The fraction of sp³-hybridized carbons (Fsp3) is 0.389. The van der Waals surface area contributed by atoms with Gasteiger partial charge in [0, 0.05) is 25.5 Å². The number of carbonyl (C=O) groups excluding carboxylic acids is 1. The highest BCUT2D eigenvalue weighted by Crippen LogP contribution is 2.16. The van der Waals surface area contributed by atoms with Gasteiger partial charge in [-0.05, 0) is 19.1 Å². The molecule has 1 aromatic heterocycles. The van der Waals surface area contributed by atoms with E-state index in [1.165, 1.54) is 18.4 Å². The number of rotatable bonds is 10. The molecule has 2 aromatic rings. The van der Waals surface area contributed by atoms with Crippen LogP contribution in [0.15, 0.2) is 29.6 Å². The number of carboxylic acid groups (broad SMARTS) is 1. The van der Waals surface area contributed by atoms with E-state index in [0.29, 0.717) is 12.3 Å². The summed E-state index contributed by atoms with van der Waals surface area (Å²) in [5.74, 6) is -0.710. The molecule has 0 saturated carbocycles. The number of carbonyl (C=O) groups is 2. The lowest BCUT2D eigenvalue weighted by Crippen LogP contribution is -2.42. The molecule has 1 aromatic carbocycles. The molecule has 0 spiro atoms. The summed E-state index contributed by atoms with van der Waals surface area (Å²) < 4.78 is 10.5. The Kier molecular flexibility index (Phi) is 7.55. The molecule has 8 heteroatoms. The minimum atomic E-state index is -1.08. The summed E-state index contributed by atoms with van der Waals surface area (Å²) in [6, 6.07) is 6.75. The zero-order valence-electron chi connectivity index (χ0n) is 14.7. The van der Waals surface area contributed by atoms with Crippen LogP contribution in [-0.2, 0) is 27.4 Å². The van der Waals surface area contributed by atoms with Crippen molar-refractivity contribution < 1.29 is 24.2 Å². The molecule has 0 aliphatic rings. The molecule has 0 aliphatic carbocycles. The number of aryl methyl sites for hydroxylation is 1. The van der Waals surface area contributed by atoms with Crippen molar-refractivity contribution in [3.8, 4) is 5.75 Å². The third kappa shape index (κ3) is 6.45. The van der Waals surface area contributed by atoms with Crippen LogP contribution in [0, 0.1) is 6.92 Å². The number of benzene rings is 1. The summed E-state index contributed by atoms with van der Waals surface area (Å²) in [4.78, 5) is 27.5. The van der Waals surface area contributed by atoms with Gasteiger partial charge >= 0.3 is 5.97 Å². The average molecular weight is 378 g/mol. The van der Waals surface area contributed by atoms with Crippen molar-refractivity contribution >= 4 is 23.2 Å². The summed E-state index contributed by atoms with van der Waals surface area (Å²) in [6.45, 7) is 2.58. The highest BCUT2D eigenvalue weighted by molar-refractivity contribution is 7.09. The molecule has 1 unspecified atom stereocenters. The standard InChI is InChI=1S/C18H22N2O5S/c1-12-3-5-14(6-4-12)25-10-17-19-13(11-26-17)9-16(21)20-15(18(22)23)7-8-24-2/h3-6,11,15H,7-10H2,1-2H3,(H,20,21)(H,22,23). The van der Waals surface area contributed by atoms with Gasteiger partial charge in [0.1, 0.15) is 23.4 Å². The molecule has 0 aliphatic heterocycles. The Balaban J connectivity index is 1.83. The van der Waals surface area contributed by atoms with Crippen LogP contribution in [0.3, 0.4) is 0 Å². The number of methoxy groups -OCH3 is 1. The maximum Gasteiger partial charge on any atom is 0.326 e. The van der Waals surface area contributed by atoms with Crippen molar-refractivity contribution in [2.75, 3.05) is 13.7 Å². The first-order chi connectivity index (χ1) is 12.5. The molecule has 26 heavy (non-hydrogen) atoms. The summed E-state index contributed by atoms with van der Waals surface area (Å²) in [6.07, 6.45) is 0.238. The SMILES string of the molecule is COCCC(NC(=O)Cc1csc(COc2ccc(C)cc2)n1)C(=O)O. The Morgan fingerprint density at radius 1 is 1.31 bits per heavy atom. The Morgan fingerprint density at radius 2 is 2.04 bits per heavy atom. The first-order valence-corrected chi connectivity index (χ1v) is 8.99. The Labute approximate surface area is 156 Å². The second-order valence-electron chi connectivity index (χ2n) is 5.75. The van der Waals surface area contributed by atoms with Gasteiger partial charge in [0.05, 0.1) is 12.1 Å². The minimum absolute atomic E-state index is 0.0256. The molecular formula is C18H22N2O5S. The van der Waals surface area contributed by atoms with Crippen LogP contribution >= 0.6 is 11.3 Å². The number of aromatic nitrogens is 1. The molecule has 0 radical (unpaired) electrons. The number of ether oxygens (including phenoxy) is 2. The monoisotopic (exact) mass is 378 g/mol. The van der Waals surface area contributed by atoms with Gasteiger partial charge in [-0.1, -0.05) is 17.7 Å². The van der Waals surface area contributed by atoms with Gasteiger partial charge in [0.25, 0.3) is 0 Å². The van der Waals surface area contributed by atoms with Gasteiger partial charge < -0.3 is 19.9 Å². The summed E-state index contributed by atoms with van der Waals surface area (Å²) in [5.41, 5.74) is 1.75. The normalized spacial score (nSPS) is 11.8. The van der Waals surface area contributed by atoms with Crippen molar-refractivity contribution in [1.82, 2.24) is 10.3 Å². The van der Waals surface area contributed by atoms with Crippen LogP contribution < -0.4 is 10.1 Å². The zero-order valence-corrected chi connectivity index (χ0v) is 15.5. The van der Waals surface area contributed by atoms with Crippen molar-refractivity contribution in [1.29, 1.82) is 0 Å². The number of aliphatic carboxylic acids is 1. The van der Waals surface area contributed by atoms with E-state index >= 15 is 0 Å². The summed E-state index contributed by atoms with van der Waals surface area (Å²) in [7, 11) is 1.48. The van der Waals surface area contributed by atoms with Crippen LogP contribution in [0.25, 0.3) is 0 Å². The van der Waals surface area contributed by atoms with E-state index in [4.69, 9.17) is 14.6 Å². The molecule has 2 rings (SSSR count). The number of hydrogen-bond donors (Lipinski definition) is 2. The highest BCUT2D eigenvalue weighted by atomic mass is 32.1. The topological polar surface area (TPSA) is 97.8 Å². The van der Waals surface area contributed by atoms with Crippen LogP contribution in [0.4, 0.5) is 0 Å². The number of thiazole rings is 1. The van der Waals surface area contributed by atoms with E-state index in [2.05, 4.69) is 10.3 Å². The molecule has 2 N–H and O–H groups in total. The van der Waals surface area contributed by atoms with Crippen LogP contribution in [0.2, 0.25) is 0 Å². The third-order valence-electron chi connectivity index (χ3n) is 3.57. The van der Waals surface area contributed by atoms with Crippen molar-refractivity contribution in [3.63, 3.8) is 0 Å². The minimum Gasteiger partial charge on any atom is -0.486 e. The molecule has 140 valence electrons. The van der Waals surface area contributed by atoms with Crippen molar-refractivity contribution in [3.05, 3.63) is 45.9 Å². The van der Waals surface area contributed by atoms with Gasteiger partial charge in [-0.3, -0.25) is 4.79 Å². The Morgan fingerprint density at radius 3 is 2.69 bits per heavy atom. The van der Waals surface area contributed by atoms with Gasteiger partial charge in [-0.2, -0.15) is 0 Å². The van der Waals surface area contributed by atoms with Gasteiger partial charge in [-0.25, -0.2) is 9.78 Å². The maximum absolute atomic E-state index is 12.0. The fourth-order valence-electron chi connectivity index (χ4n) is 2.18. The number of carboxylic acids is 1. The first-order valence-electron chi connectivity index (χ1n) is 8.11. The summed E-state index contributed by atoms with van der Waals surface area (Å²) in [5, 5.41) is 14.1. The quantitative estimate of drug-likeness (QED) is 0.658.